The Morgan fingerprint density at radius 2 is 1.29 bits per heavy atom. The van der Waals surface area contributed by atoms with Crippen LogP contribution in [0.4, 0.5) is 0 Å². The molecule has 3 heteroatoms. The van der Waals surface area contributed by atoms with Gasteiger partial charge < -0.3 is 4.74 Å². The van der Waals surface area contributed by atoms with Crippen molar-refractivity contribution in [1.82, 2.24) is 0 Å². The fourth-order valence-corrected chi connectivity index (χ4v) is 1.99. The van der Waals surface area contributed by atoms with Crippen molar-refractivity contribution >= 4 is 11.8 Å². The molecule has 0 aliphatic carbocycles. The molecule has 0 aromatic heterocycles. The van der Waals surface area contributed by atoms with Gasteiger partial charge in [-0.2, -0.15) is 0 Å². The van der Waals surface area contributed by atoms with Gasteiger partial charge in [-0.05, 0) is 17.5 Å². The van der Waals surface area contributed by atoms with Crippen molar-refractivity contribution in [3.05, 3.63) is 71.8 Å². The summed E-state index contributed by atoms with van der Waals surface area (Å²) in [6.45, 7) is 0.236. The SMILES string of the molecule is O=C(CCc1ccccc1)C(=O)OCCc1ccccc1. The molecule has 108 valence electrons. The quantitative estimate of drug-likeness (QED) is 0.579. The number of hydrogen-bond donors (Lipinski definition) is 0. The monoisotopic (exact) mass is 282 g/mol. The van der Waals surface area contributed by atoms with Crippen molar-refractivity contribution in [2.45, 2.75) is 19.3 Å². The maximum absolute atomic E-state index is 11.7. The summed E-state index contributed by atoms with van der Waals surface area (Å²) in [6, 6.07) is 19.4. The summed E-state index contributed by atoms with van der Waals surface area (Å²) in [7, 11) is 0. The van der Waals surface area contributed by atoms with Crippen LogP contribution < -0.4 is 0 Å². The lowest BCUT2D eigenvalue weighted by Gasteiger charge is -2.04. The van der Waals surface area contributed by atoms with Gasteiger partial charge in [0, 0.05) is 12.8 Å². The first-order valence-corrected chi connectivity index (χ1v) is 7.03. The van der Waals surface area contributed by atoms with E-state index in [1.807, 2.05) is 60.7 Å². The van der Waals surface area contributed by atoms with E-state index in [0.717, 1.165) is 11.1 Å². The van der Waals surface area contributed by atoms with E-state index in [2.05, 4.69) is 0 Å². The highest BCUT2D eigenvalue weighted by Crippen LogP contribution is 2.04. The maximum Gasteiger partial charge on any atom is 0.374 e. The third-order valence-corrected chi connectivity index (χ3v) is 3.18. The molecule has 0 heterocycles. The standard InChI is InChI=1S/C18H18O3/c19-17(12-11-15-7-3-1-4-8-15)18(20)21-14-13-16-9-5-2-6-10-16/h1-10H,11-14H2. The van der Waals surface area contributed by atoms with Crippen molar-refractivity contribution in [2.24, 2.45) is 0 Å². The fourth-order valence-electron chi connectivity index (χ4n) is 1.99. The number of Topliss-reactive ketones (excluding diaryl/α,β-unsaturated/α-hetero) is 1. The van der Waals surface area contributed by atoms with E-state index in [4.69, 9.17) is 4.74 Å². The van der Waals surface area contributed by atoms with Crippen LogP contribution in [0.2, 0.25) is 0 Å². The lowest BCUT2D eigenvalue weighted by atomic mass is 10.1. The van der Waals surface area contributed by atoms with E-state index in [9.17, 15) is 9.59 Å². The van der Waals surface area contributed by atoms with Crippen LogP contribution in [0.1, 0.15) is 17.5 Å². The number of carbonyl (C=O) groups is 2. The Kier molecular flexibility index (Phi) is 5.71. The summed E-state index contributed by atoms with van der Waals surface area (Å²) < 4.78 is 5.01. The molecule has 3 nitrogen and oxygen atoms in total. The minimum atomic E-state index is -0.734. The summed E-state index contributed by atoms with van der Waals surface area (Å²) in [5.41, 5.74) is 2.13. The first kappa shape index (κ1) is 15.0. The van der Waals surface area contributed by atoms with Crippen molar-refractivity contribution in [1.29, 1.82) is 0 Å². The molecule has 0 unspecified atom stereocenters. The van der Waals surface area contributed by atoms with Crippen molar-refractivity contribution in [3.63, 3.8) is 0 Å². The molecule has 0 spiro atoms. The molecule has 2 rings (SSSR count). The molecular formula is C18H18O3. The van der Waals surface area contributed by atoms with E-state index in [1.54, 1.807) is 0 Å². The fraction of sp³-hybridized carbons (Fsp3) is 0.222. The summed E-state index contributed by atoms with van der Waals surface area (Å²) in [4.78, 5) is 23.3. The number of aryl methyl sites for hydroxylation is 1. The molecule has 0 radical (unpaired) electrons. The van der Waals surface area contributed by atoms with E-state index >= 15 is 0 Å². The zero-order valence-corrected chi connectivity index (χ0v) is 11.8. The Hall–Kier alpha value is -2.42. The highest BCUT2D eigenvalue weighted by Gasteiger charge is 2.14. The highest BCUT2D eigenvalue weighted by molar-refractivity contribution is 6.33. The molecule has 0 N–H and O–H groups in total. The maximum atomic E-state index is 11.7. The molecule has 2 aromatic carbocycles. The van der Waals surface area contributed by atoms with Crippen molar-refractivity contribution < 1.29 is 14.3 Å². The van der Waals surface area contributed by atoms with Gasteiger partial charge in [0.15, 0.2) is 0 Å². The number of ketones is 1. The van der Waals surface area contributed by atoms with E-state index in [0.29, 0.717) is 12.8 Å². The van der Waals surface area contributed by atoms with Gasteiger partial charge >= 0.3 is 5.97 Å². The number of rotatable bonds is 7. The molecule has 0 fully saturated rings. The van der Waals surface area contributed by atoms with Gasteiger partial charge in [-0.15, -0.1) is 0 Å². The Labute approximate surface area is 124 Å². The molecule has 0 atom stereocenters. The summed E-state index contributed by atoms with van der Waals surface area (Å²) in [6.07, 6.45) is 1.38. The average Bonchev–Trinajstić information content (AvgIpc) is 2.54. The molecule has 0 saturated heterocycles. The van der Waals surface area contributed by atoms with Crippen LogP contribution in [0, 0.1) is 0 Å². The molecule has 2 aromatic rings. The minimum absolute atomic E-state index is 0.189. The molecule has 0 amide bonds. The summed E-state index contributed by atoms with van der Waals surface area (Å²) in [5.74, 6) is -1.20. The topological polar surface area (TPSA) is 43.4 Å². The molecule has 0 aliphatic rings. The Morgan fingerprint density at radius 3 is 1.86 bits per heavy atom. The van der Waals surface area contributed by atoms with E-state index < -0.39 is 11.8 Å². The van der Waals surface area contributed by atoms with Crippen molar-refractivity contribution in [2.75, 3.05) is 6.61 Å². The molecular weight excluding hydrogens is 264 g/mol. The van der Waals surface area contributed by atoms with Crippen LogP contribution in [0.25, 0.3) is 0 Å². The number of benzene rings is 2. The summed E-state index contributed by atoms with van der Waals surface area (Å²) >= 11 is 0. The second-order valence-corrected chi connectivity index (χ2v) is 4.78. The van der Waals surface area contributed by atoms with Crippen LogP contribution >= 0.6 is 0 Å². The second-order valence-electron chi connectivity index (χ2n) is 4.78. The number of hydrogen-bond acceptors (Lipinski definition) is 3. The Balaban J connectivity index is 1.69. The average molecular weight is 282 g/mol. The predicted octanol–water partition coefficient (Wildman–Crippen LogP) is 2.97. The minimum Gasteiger partial charge on any atom is -0.460 e. The molecule has 0 aliphatic heterocycles. The van der Waals surface area contributed by atoms with Crippen LogP contribution in [0.15, 0.2) is 60.7 Å². The smallest absolute Gasteiger partial charge is 0.374 e. The van der Waals surface area contributed by atoms with Gasteiger partial charge in [0.25, 0.3) is 0 Å². The number of ether oxygens (including phenoxy) is 1. The van der Waals surface area contributed by atoms with Crippen LogP contribution in [-0.4, -0.2) is 18.4 Å². The molecule has 0 saturated carbocycles. The van der Waals surface area contributed by atoms with Gasteiger partial charge in [0.2, 0.25) is 5.78 Å². The van der Waals surface area contributed by atoms with Gasteiger partial charge in [-0.1, -0.05) is 60.7 Å². The van der Waals surface area contributed by atoms with Crippen molar-refractivity contribution in [3.8, 4) is 0 Å². The first-order chi connectivity index (χ1) is 10.3. The number of esters is 1. The van der Waals surface area contributed by atoms with Crippen LogP contribution in [0.5, 0.6) is 0 Å². The summed E-state index contributed by atoms with van der Waals surface area (Å²) in [5, 5.41) is 0. The van der Waals surface area contributed by atoms with Crippen LogP contribution in [-0.2, 0) is 27.2 Å². The third-order valence-electron chi connectivity index (χ3n) is 3.18. The molecule has 21 heavy (non-hydrogen) atoms. The van der Waals surface area contributed by atoms with Crippen LogP contribution in [0.3, 0.4) is 0 Å². The second kappa shape index (κ2) is 8.00. The zero-order chi connectivity index (χ0) is 14.9. The first-order valence-electron chi connectivity index (χ1n) is 7.03. The van der Waals surface area contributed by atoms with E-state index in [1.165, 1.54) is 0 Å². The lowest BCUT2D eigenvalue weighted by molar-refractivity contribution is -0.153. The van der Waals surface area contributed by atoms with Gasteiger partial charge in [0.05, 0.1) is 6.61 Å². The van der Waals surface area contributed by atoms with Gasteiger partial charge in [-0.3, -0.25) is 4.79 Å². The predicted molar refractivity (Wildman–Crippen MR) is 80.9 cm³/mol. The van der Waals surface area contributed by atoms with E-state index in [-0.39, 0.29) is 13.0 Å². The normalized spacial score (nSPS) is 10.1. The Morgan fingerprint density at radius 1 is 0.762 bits per heavy atom. The lowest BCUT2D eigenvalue weighted by Crippen LogP contribution is -2.19. The van der Waals surface area contributed by atoms with Gasteiger partial charge in [-0.25, -0.2) is 4.79 Å². The zero-order valence-electron chi connectivity index (χ0n) is 11.8. The van der Waals surface area contributed by atoms with Gasteiger partial charge in [0.1, 0.15) is 0 Å². The number of carbonyl (C=O) groups excluding carboxylic acids is 2. The highest BCUT2D eigenvalue weighted by atomic mass is 16.5. The Bertz CT molecular complexity index is 576. The molecule has 0 bridgehead atoms. The largest absolute Gasteiger partial charge is 0.460 e. The third kappa shape index (κ3) is 5.22.